The number of para-hydroxylation sites is 2. The maximum absolute atomic E-state index is 12.7. The summed E-state index contributed by atoms with van der Waals surface area (Å²) < 4.78 is 16.8. The molecule has 6 nitrogen and oxygen atoms in total. The van der Waals surface area contributed by atoms with Crippen molar-refractivity contribution in [2.75, 3.05) is 33.4 Å². The van der Waals surface area contributed by atoms with Crippen LogP contribution in [0.4, 0.5) is 0 Å². The van der Waals surface area contributed by atoms with Gasteiger partial charge < -0.3 is 19.1 Å². The molecule has 1 fully saturated rings. The molecule has 0 saturated carbocycles. The number of hydrogen-bond acceptors (Lipinski definition) is 5. The van der Waals surface area contributed by atoms with E-state index in [1.54, 1.807) is 24.1 Å². The van der Waals surface area contributed by atoms with Crippen molar-refractivity contribution >= 4 is 17.5 Å². The zero-order chi connectivity index (χ0) is 18.5. The number of ether oxygens (including phenoxy) is 3. The van der Waals surface area contributed by atoms with Crippen molar-refractivity contribution in [1.82, 2.24) is 9.88 Å². The molecule has 1 atom stereocenters. The Morgan fingerprint density at radius 3 is 2.85 bits per heavy atom. The molecular formula is C19H21ClN2O4. The highest BCUT2D eigenvalue weighted by atomic mass is 35.5. The number of halogens is 1. The lowest BCUT2D eigenvalue weighted by Crippen LogP contribution is -2.47. The fraction of sp³-hybridized carbons (Fsp3) is 0.368. The van der Waals surface area contributed by atoms with Gasteiger partial charge in [0.2, 0.25) is 0 Å². The van der Waals surface area contributed by atoms with Gasteiger partial charge in [-0.05, 0) is 31.2 Å². The number of carbonyl (C=O) groups excluding carboxylic acids is 1. The van der Waals surface area contributed by atoms with Gasteiger partial charge in [0, 0.05) is 17.8 Å². The van der Waals surface area contributed by atoms with Crippen molar-refractivity contribution < 1.29 is 19.0 Å². The Labute approximate surface area is 157 Å². The third kappa shape index (κ3) is 4.45. The van der Waals surface area contributed by atoms with Crippen LogP contribution in [-0.4, -0.2) is 55.3 Å². The van der Waals surface area contributed by atoms with Crippen LogP contribution in [0.2, 0.25) is 5.15 Å². The van der Waals surface area contributed by atoms with Gasteiger partial charge in [-0.2, -0.15) is 0 Å². The molecule has 0 spiro atoms. The SMILES string of the molecule is COc1ccccc1OCC1CN(C(=O)c2cc(C)nc(Cl)c2)CCO1. The zero-order valence-electron chi connectivity index (χ0n) is 14.8. The van der Waals surface area contributed by atoms with E-state index in [2.05, 4.69) is 4.98 Å². The van der Waals surface area contributed by atoms with Crippen LogP contribution < -0.4 is 9.47 Å². The van der Waals surface area contributed by atoms with E-state index in [1.807, 2.05) is 31.2 Å². The highest BCUT2D eigenvalue weighted by Crippen LogP contribution is 2.26. The fourth-order valence-electron chi connectivity index (χ4n) is 2.86. The highest BCUT2D eigenvalue weighted by molar-refractivity contribution is 6.29. The highest BCUT2D eigenvalue weighted by Gasteiger charge is 2.26. The Balaban J connectivity index is 1.62. The minimum atomic E-state index is -0.212. The molecule has 1 saturated heterocycles. The molecular weight excluding hydrogens is 356 g/mol. The Morgan fingerprint density at radius 2 is 2.12 bits per heavy atom. The second-order valence-electron chi connectivity index (χ2n) is 6.03. The molecule has 1 unspecified atom stereocenters. The Morgan fingerprint density at radius 1 is 1.35 bits per heavy atom. The smallest absolute Gasteiger partial charge is 0.254 e. The van der Waals surface area contributed by atoms with Gasteiger partial charge in [-0.25, -0.2) is 4.98 Å². The summed E-state index contributed by atoms with van der Waals surface area (Å²) in [5.41, 5.74) is 1.25. The standard InChI is InChI=1S/C19H21ClN2O4/c1-13-9-14(10-18(20)21-13)19(23)22-7-8-25-15(11-22)12-26-17-6-4-3-5-16(17)24-2/h3-6,9-10,15H,7-8,11-12H2,1-2H3. The van der Waals surface area contributed by atoms with Gasteiger partial charge in [-0.15, -0.1) is 0 Å². The topological polar surface area (TPSA) is 60.9 Å². The number of benzene rings is 1. The van der Waals surface area contributed by atoms with Gasteiger partial charge >= 0.3 is 0 Å². The van der Waals surface area contributed by atoms with E-state index in [0.717, 1.165) is 0 Å². The van der Waals surface area contributed by atoms with Crippen molar-refractivity contribution in [3.63, 3.8) is 0 Å². The van der Waals surface area contributed by atoms with Crippen molar-refractivity contribution in [3.8, 4) is 11.5 Å². The van der Waals surface area contributed by atoms with Crippen molar-refractivity contribution in [3.05, 3.63) is 52.8 Å². The van der Waals surface area contributed by atoms with Gasteiger partial charge in [0.25, 0.3) is 5.91 Å². The molecule has 0 N–H and O–H groups in total. The number of nitrogens with zero attached hydrogens (tertiary/aromatic N) is 2. The monoisotopic (exact) mass is 376 g/mol. The number of methoxy groups -OCH3 is 1. The number of pyridine rings is 1. The third-order valence-electron chi connectivity index (χ3n) is 4.09. The Bertz CT molecular complexity index is 764. The van der Waals surface area contributed by atoms with E-state index in [0.29, 0.717) is 54.2 Å². The van der Waals surface area contributed by atoms with Gasteiger partial charge in [0.05, 0.1) is 20.3 Å². The van der Waals surface area contributed by atoms with E-state index in [9.17, 15) is 4.79 Å². The number of rotatable bonds is 5. The van der Waals surface area contributed by atoms with Crippen molar-refractivity contribution in [2.24, 2.45) is 0 Å². The molecule has 0 radical (unpaired) electrons. The molecule has 1 amide bonds. The van der Waals surface area contributed by atoms with E-state index >= 15 is 0 Å². The molecule has 138 valence electrons. The van der Waals surface area contributed by atoms with Crippen molar-refractivity contribution in [1.29, 1.82) is 0 Å². The van der Waals surface area contributed by atoms with Crippen LogP contribution in [0.25, 0.3) is 0 Å². The van der Waals surface area contributed by atoms with Crippen LogP contribution in [0.1, 0.15) is 16.1 Å². The summed E-state index contributed by atoms with van der Waals surface area (Å²) in [6, 6.07) is 10.8. The van der Waals surface area contributed by atoms with E-state index in [-0.39, 0.29) is 12.0 Å². The molecule has 2 aromatic rings. The van der Waals surface area contributed by atoms with Gasteiger partial charge in [-0.3, -0.25) is 4.79 Å². The van der Waals surface area contributed by atoms with Crippen LogP contribution in [0.3, 0.4) is 0 Å². The molecule has 1 aromatic heterocycles. The second kappa shape index (κ2) is 8.38. The van der Waals surface area contributed by atoms with Crippen LogP contribution in [-0.2, 0) is 4.74 Å². The first kappa shape index (κ1) is 18.5. The summed E-state index contributed by atoms with van der Waals surface area (Å²) in [6.45, 7) is 3.59. The van der Waals surface area contributed by atoms with Gasteiger partial charge in [0.1, 0.15) is 17.9 Å². The lowest BCUT2D eigenvalue weighted by molar-refractivity contribution is -0.0403. The third-order valence-corrected chi connectivity index (χ3v) is 4.28. The van der Waals surface area contributed by atoms with E-state index in [1.165, 1.54) is 0 Å². The largest absolute Gasteiger partial charge is 0.493 e. The molecule has 1 aliphatic heterocycles. The summed E-state index contributed by atoms with van der Waals surface area (Å²) in [7, 11) is 1.60. The lowest BCUT2D eigenvalue weighted by Gasteiger charge is -2.33. The summed E-state index contributed by atoms with van der Waals surface area (Å²) in [5, 5.41) is 0.317. The minimum Gasteiger partial charge on any atom is -0.493 e. The normalized spacial score (nSPS) is 17.0. The minimum absolute atomic E-state index is 0.0806. The van der Waals surface area contributed by atoms with Crippen LogP contribution in [0.15, 0.2) is 36.4 Å². The predicted octanol–water partition coefficient (Wildman–Crippen LogP) is 2.97. The van der Waals surface area contributed by atoms with Gasteiger partial charge in [-0.1, -0.05) is 23.7 Å². The molecule has 3 rings (SSSR count). The Kier molecular flexibility index (Phi) is 5.96. The maximum Gasteiger partial charge on any atom is 0.254 e. The summed E-state index contributed by atoms with van der Waals surface area (Å²) in [6.07, 6.45) is -0.212. The molecule has 0 aliphatic carbocycles. The number of aromatic nitrogens is 1. The number of aryl methyl sites for hydroxylation is 1. The number of morpholine rings is 1. The number of amides is 1. The number of carbonyl (C=O) groups is 1. The van der Waals surface area contributed by atoms with Crippen molar-refractivity contribution in [2.45, 2.75) is 13.0 Å². The van der Waals surface area contributed by atoms with E-state index in [4.69, 9.17) is 25.8 Å². The fourth-order valence-corrected chi connectivity index (χ4v) is 3.11. The van der Waals surface area contributed by atoms with E-state index < -0.39 is 0 Å². The van der Waals surface area contributed by atoms with Crippen LogP contribution in [0.5, 0.6) is 11.5 Å². The Hall–Kier alpha value is -2.31. The summed E-state index contributed by atoms with van der Waals surface area (Å²) in [5.74, 6) is 1.24. The number of hydrogen-bond donors (Lipinski definition) is 0. The van der Waals surface area contributed by atoms with Crippen LogP contribution >= 0.6 is 11.6 Å². The molecule has 7 heteroatoms. The average Bonchev–Trinajstić information content (AvgIpc) is 2.65. The first-order valence-electron chi connectivity index (χ1n) is 8.37. The summed E-state index contributed by atoms with van der Waals surface area (Å²) in [4.78, 5) is 18.6. The summed E-state index contributed by atoms with van der Waals surface area (Å²) >= 11 is 5.97. The first-order chi connectivity index (χ1) is 12.6. The predicted molar refractivity (Wildman–Crippen MR) is 98.1 cm³/mol. The second-order valence-corrected chi connectivity index (χ2v) is 6.41. The van der Waals surface area contributed by atoms with Crippen LogP contribution in [0, 0.1) is 6.92 Å². The average molecular weight is 377 g/mol. The van der Waals surface area contributed by atoms with Gasteiger partial charge in [0.15, 0.2) is 11.5 Å². The molecule has 2 heterocycles. The molecule has 26 heavy (non-hydrogen) atoms. The quantitative estimate of drug-likeness (QED) is 0.751. The molecule has 1 aromatic carbocycles. The molecule has 1 aliphatic rings. The lowest BCUT2D eigenvalue weighted by atomic mass is 10.2. The maximum atomic E-state index is 12.7. The first-order valence-corrected chi connectivity index (χ1v) is 8.75. The zero-order valence-corrected chi connectivity index (χ0v) is 15.5. The molecule has 0 bridgehead atoms.